The molecule has 2 heteroatoms. The van der Waals surface area contributed by atoms with Crippen molar-refractivity contribution in [2.24, 2.45) is 4.99 Å². The Bertz CT molecular complexity index is 86.1. The largest absolute Gasteiger partial charge is 0.292 e. The van der Waals surface area contributed by atoms with E-state index in [1.165, 1.54) is 0 Å². The molecule has 0 atom stereocenters. The second kappa shape index (κ2) is 3.93. The Kier molecular flexibility index (Phi) is 3.80. The highest BCUT2D eigenvalue weighted by Gasteiger charge is 1.81. The highest BCUT2D eigenvalue weighted by molar-refractivity contribution is 7.80. The van der Waals surface area contributed by atoms with Gasteiger partial charge in [-0.05, 0) is 6.42 Å². The van der Waals surface area contributed by atoms with Crippen molar-refractivity contribution in [2.75, 3.05) is 7.05 Å². The van der Waals surface area contributed by atoms with Gasteiger partial charge in [0.25, 0.3) is 0 Å². The maximum Gasteiger partial charge on any atom is 0.0449 e. The van der Waals surface area contributed by atoms with Gasteiger partial charge in [-0.25, -0.2) is 0 Å². The molecule has 0 aromatic carbocycles. The molecule has 0 heterocycles. The predicted molar refractivity (Wildman–Crippen MR) is 37.3 cm³/mol. The van der Waals surface area contributed by atoms with E-state index in [-0.39, 0.29) is 0 Å². The molecule has 0 aromatic rings. The summed E-state index contributed by atoms with van der Waals surface area (Å²) in [5.74, 6) is 0. The van der Waals surface area contributed by atoms with Gasteiger partial charge in [-0.2, -0.15) is 0 Å². The van der Waals surface area contributed by atoms with E-state index in [0.29, 0.717) is 0 Å². The van der Waals surface area contributed by atoms with Crippen LogP contribution in [0.15, 0.2) is 4.99 Å². The van der Waals surface area contributed by atoms with Gasteiger partial charge >= 0.3 is 0 Å². The molecule has 0 aromatic heterocycles. The highest BCUT2D eigenvalue weighted by Crippen LogP contribution is 1.78. The smallest absolute Gasteiger partial charge is 0.0449 e. The second-order valence-corrected chi connectivity index (χ2v) is 1.42. The Morgan fingerprint density at radius 1 is 1.86 bits per heavy atom. The first-order valence-electron chi connectivity index (χ1n) is 2.26. The van der Waals surface area contributed by atoms with E-state index in [2.05, 4.69) is 17.2 Å². The first-order valence-corrected chi connectivity index (χ1v) is 2.73. The van der Waals surface area contributed by atoms with Crippen molar-refractivity contribution in [1.29, 1.82) is 0 Å². The minimum atomic E-state index is 0.944. The van der Waals surface area contributed by atoms with Gasteiger partial charge in [0, 0.05) is 18.1 Å². The zero-order valence-electron chi connectivity index (χ0n) is 4.64. The van der Waals surface area contributed by atoms with Crippen molar-refractivity contribution < 1.29 is 0 Å². The molecule has 0 aliphatic rings. The summed E-state index contributed by atoms with van der Waals surface area (Å²) in [5.41, 5.74) is 0.995. The molecule has 0 aliphatic carbocycles. The van der Waals surface area contributed by atoms with Gasteiger partial charge in [-0.1, -0.05) is 19.1 Å². The summed E-state index contributed by atoms with van der Waals surface area (Å²) in [5, 5.41) is 1.61. The third kappa shape index (κ3) is 2.45. The van der Waals surface area contributed by atoms with Crippen LogP contribution >= 0.6 is 12.2 Å². The summed E-state index contributed by atoms with van der Waals surface area (Å²) in [4.78, 5) is 3.88. The molecule has 0 saturated heterocycles. The summed E-state index contributed by atoms with van der Waals surface area (Å²) in [6.45, 7) is 2.03. The first kappa shape index (κ1) is 6.76. The lowest BCUT2D eigenvalue weighted by Gasteiger charge is -1.85. The zero-order valence-corrected chi connectivity index (χ0v) is 5.46. The molecule has 0 saturated carbocycles. The molecule has 0 radical (unpaired) electrons. The Hall–Kier alpha value is -0.240. The van der Waals surface area contributed by atoms with Crippen LogP contribution in [0.2, 0.25) is 0 Å². The van der Waals surface area contributed by atoms with Crippen molar-refractivity contribution in [1.82, 2.24) is 0 Å². The molecule has 0 rings (SSSR count). The topological polar surface area (TPSA) is 12.4 Å². The molecule has 0 unspecified atom stereocenters. The van der Waals surface area contributed by atoms with E-state index >= 15 is 0 Å². The molecular formula is C5H9NS. The Labute approximate surface area is 49.5 Å². The average molecular weight is 115 g/mol. The summed E-state index contributed by atoms with van der Waals surface area (Å²) < 4.78 is 0. The SMILES string of the molecule is CCC(C=S)=NC. The molecule has 1 nitrogen and oxygen atoms in total. The van der Waals surface area contributed by atoms with E-state index in [4.69, 9.17) is 0 Å². The van der Waals surface area contributed by atoms with Crippen LogP contribution < -0.4 is 0 Å². The average Bonchev–Trinajstić information content (AvgIpc) is 1.72. The standard InChI is InChI=1S/C5H9NS/c1-3-5(4-7)6-2/h4H,3H2,1-2H3. The number of hydrogen-bond acceptors (Lipinski definition) is 2. The minimum Gasteiger partial charge on any atom is -0.292 e. The minimum absolute atomic E-state index is 0.944. The number of hydrogen-bond donors (Lipinski definition) is 0. The van der Waals surface area contributed by atoms with Gasteiger partial charge in [0.2, 0.25) is 0 Å². The molecule has 40 valence electrons. The molecule has 0 bridgehead atoms. The summed E-state index contributed by atoms with van der Waals surface area (Å²) >= 11 is 4.62. The van der Waals surface area contributed by atoms with Crippen LogP contribution in [0.5, 0.6) is 0 Å². The monoisotopic (exact) mass is 115 g/mol. The van der Waals surface area contributed by atoms with Crippen molar-refractivity contribution in [3.8, 4) is 0 Å². The van der Waals surface area contributed by atoms with Gasteiger partial charge in [-0.3, -0.25) is 4.99 Å². The summed E-state index contributed by atoms with van der Waals surface area (Å²) in [6, 6.07) is 0. The molecule has 7 heavy (non-hydrogen) atoms. The number of aliphatic imine (C=N–C) groups is 1. The van der Waals surface area contributed by atoms with Crippen LogP contribution in [0, 0.1) is 0 Å². The molecule has 0 fully saturated rings. The van der Waals surface area contributed by atoms with Crippen LogP contribution in [0.3, 0.4) is 0 Å². The zero-order chi connectivity index (χ0) is 5.70. The maximum atomic E-state index is 4.62. The van der Waals surface area contributed by atoms with Crippen LogP contribution in [0.4, 0.5) is 0 Å². The van der Waals surface area contributed by atoms with Crippen molar-refractivity contribution in [2.45, 2.75) is 13.3 Å². The van der Waals surface area contributed by atoms with E-state index in [1.54, 1.807) is 12.4 Å². The predicted octanol–water partition coefficient (Wildman–Crippen LogP) is 1.47. The van der Waals surface area contributed by atoms with E-state index < -0.39 is 0 Å². The third-order valence-corrected chi connectivity index (χ3v) is 1.06. The lowest BCUT2D eigenvalue weighted by Crippen LogP contribution is -1.92. The van der Waals surface area contributed by atoms with Crippen molar-refractivity contribution in [3.63, 3.8) is 0 Å². The number of nitrogens with zero attached hydrogens (tertiary/aromatic N) is 1. The Morgan fingerprint density at radius 2 is 2.43 bits per heavy atom. The van der Waals surface area contributed by atoms with E-state index in [1.807, 2.05) is 6.92 Å². The molecule has 0 amide bonds. The fourth-order valence-electron chi connectivity index (χ4n) is 0.294. The molecule has 0 aliphatic heterocycles. The van der Waals surface area contributed by atoms with Gasteiger partial charge in [0.15, 0.2) is 0 Å². The van der Waals surface area contributed by atoms with Crippen LogP contribution in [0.25, 0.3) is 0 Å². The molecule has 0 N–H and O–H groups in total. The lowest BCUT2D eigenvalue weighted by atomic mass is 10.3. The van der Waals surface area contributed by atoms with Crippen molar-refractivity contribution in [3.05, 3.63) is 0 Å². The van der Waals surface area contributed by atoms with Crippen LogP contribution in [-0.4, -0.2) is 18.1 Å². The second-order valence-electron chi connectivity index (χ2n) is 1.19. The quantitative estimate of drug-likeness (QED) is 0.392. The van der Waals surface area contributed by atoms with Gasteiger partial charge < -0.3 is 0 Å². The summed E-state index contributed by atoms with van der Waals surface area (Å²) in [6.07, 6.45) is 0.944. The Balaban J connectivity index is 3.60. The van der Waals surface area contributed by atoms with Gasteiger partial charge in [-0.15, -0.1) is 0 Å². The lowest BCUT2D eigenvalue weighted by molar-refractivity contribution is 1.27. The van der Waals surface area contributed by atoms with Crippen LogP contribution in [-0.2, 0) is 0 Å². The highest BCUT2D eigenvalue weighted by atomic mass is 32.1. The van der Waals surface area contributed by atoms with Crippen LogP contribution in [0.1, 0.15) is 13.3 Å². The fourth-order valence-corrected chi connectivity index (χ4v) is 0.566. The van der Waals surface area contributed by atoms with Gasteiger partial charge in [0.1, 0.15) is 0 Å². The normalized spacial score (nSPS) is 11.4. The van der Waals surface area contributed by atoms with Gasteiger partial charge in [0.05, 0.1) is 0 Å². The number of thiocarbonyl (C=S) groups is 1. The molecular weight excluding hydrogens is 106 g/mol. The fraction of sp³-hybridized carbons (Fsp3) is 0.600. The maximum absolute atomic E-state index is 4.62. The van der Waals surface area contributed by atoms with E-state index in [9.17, 15) is 0 Å². The van der Waals surface area contributed by atoms with E-state index in [0.717, 1.165) is 12.1 Å². The summed E-state index contributed by atoms with van der Waals surface area (Å²) in [7, 11) is 1.75. The number of rotatable bonds is 2. The third-order valence-electron chi connectivity index (χ3n) is 0.785. The first-order chi connectivity index (χ1) is 3.35. The Morgan fingerprint density at radius 3 is 2.43 bits per heavy atom. The van der Waals surface area contributed by atoms with Crippen molar-refractivity contribution >= 4 is 23.3 Å². The molecule has 0 spiro atoms.